The van der Waals surface area contributed by atoms with Crippen LogP contribution in [0.3, 0.4) is 0 Å². The van der Waals surface area contributed by atoms with Gasteiger partial charge >= 0.3 is 5.97 Å². The van der Waals surface area contributed by atoms with Gasteiger partial charge < -0.3 is 10.0 Å². The van der Waals surface area contributed by atoms with Gasteiger partial charge in [0.2, 0.25) is 5.91 Å². The number of thioether (sulfide) groups is 1. The molecule has 1 fully saturated rings. The molecule has 0 aromatic rings. The Balaban J connectivity index is 2.76. The molecule has 0 aromatic carbocycles. The minimum absolute atomic E-state index is 0.0245. The second-order valence-corrected chi connectivity index (χ2v) is 7.22. The molecule has 5 nitrogen and oxygen atoms in total. The predicted octanol–water partition coefficient (Wildman–Crippen LogP) is 1.61. The van der Waals surface area contributed by atoms with E-state index in [0.29, 0.717) is 18.7 Å². The van der Waals surface area contributed by atoms with Gasteiger partial charge in [-0.1, -0.05) is 32.5 Å². The number of hydrogen-bond donors (Lipinski definition) is 1. The van der Waals surface area contributed by atoms with Gasteiger partial charge in [-0.15, -0.1) is 0 Å². The number of amides is 1. The summed E-state index contributed by atoms with van der Waals surface area (Å²) in [5, 5.41) is 9.36. The molecule has 1 amide bonds. The third kappa shape index (κ3) is 4.23. The number of carboxylic acids is 1. The van der Waals surface area contributed by atoms with Gasteiger partial charge in [-0.2, -0.15) is 0 Å². The summed E-state index contributed by atoms with van der Waals surface area (Å²) in [5.41, 5.74) is -0.510. The van der Waals surface area contributed by atoms with Gasteiger partial charge in [0.1, 0.15) is 6.04 Å². The second kappa shape index (κ2) is 5.94. The molecule has 1 saturated heterocycles. The normalized spacial score (nSPS) is 21.6. The highest BCUT2D eigenvalue weighted by molar-refractivity contribution is 8.13. The summed E-state index contributed by atoms with van der Waals surface area (Å²) in [4.78, 5) is 35.8. The van der Waals surface area contributed by atoms with E-state index < -0.39 is 17.4 Å². The average Bonchev–Trinajstić information content (AvgIpc) is 2.54. The maximum Gasteiger partial charge on any atom is 0.326 e. The monoisotopic (exact) mass is 287 g/mol. The first-order valence-electron chi connectivity index (χ1n) is 6.28. The number of hydrogen-bond acceptors (Lipinski definition) is 4. The van der Waals surface area contributed by atoms with Crippen molar-refractivity contribution in [1.82, 2.24) is 4.90 Å². The molecule has 0 spiro atoms. The number of rotatable bonds is 4. The standard InChI is InChI=1S/C13H21NO4S/c1-8(15)19-7-9-5-10(16)14(6-9)11(12(17)18)13(2,3)4/h9,11H,5-7H2,1-4H3,(H,17,18)/t9?,11-/m1/s1. The fourth-order valence-corrected chi connectivity index (χ4v) is 3.07. The molecule has 1 rings (SSSR count). The van der Waals surface area contributed by atoms with Crippen molar-refractivity contribution < 1.29 is 19.5 Å². The molecule has 0 bridgehead atoms. The van der Waals surface area contributed by atoms with E-state index in [4.69, 9.17) is 0 Å². The Bertz CT molecular complexity index is 389. The van der Waals surface area contributed by atoms with Crippen molar-refractivity contribution in [2.45, 2.75) is 40.2 Å². The lowest BCUT2D eigenvalue weighted by atomic mass is 9.85. The summed E-state index contributed by atoms with van der Waals surface area (Å²) in [7, 11) is 0. The lowest BCUT2D eigenvalue weighted by molar-refractivity contribution is -0.153. The maximum atomic E-state index is 12.0. The zero-order valence-corrected chi connectivity index (χ0v) is 12.6. The number of carboxylic acid groups (broad SMARTS) is 1. The Morgan fingerprint density at radius 2 is 2.05 bits per heavy atom. The van der Waals surface area contributed by atoms with E-state index >= 15 is 0 Å². The van der Waals surface area contributed by atoms with Crippen LogP contribution in [0.1, 0.15) is 34.1 Å². The minimum Gasteiger partial charge on any atom is -0.480 e. The molecule has 0 radical (unpaired) electrons. The first-order valence-corrected chi connectivity index (χ1v) is 7.27. The molecule has 108 valence electrons. The average molecular weight is 287 g/mol. The Kier molecular flexibility index (Phi) is 5.01. The van der Waals surface area contributed by atoms with Gasteiger partial charge in [-0.25, -0.2) is 4.79 Å². The van der Waals surface area contributed by atoms with Gasteiger partial charge in [-0.05, 0) is 11.3 Å². The molecule has 6 heteroatoms. The fourth-order valence-electron chi connectivity index (χ4n) is 2.38. The summed E-state index contributed by atoms with van der Waals surface area (Å²) in [6.45, 7) is 7.37. The molecule has 1 unspecified atom stereocenters. The maximum absolute atomic E-state index is 12.0. The van der Waals surface area contributed by atoms with E-state index in [9.17, 15) is 19.5 Å². The van der Waals surface area contributed by atoms with Crippen LogP contribution in [0, 0.1) is 11.3 Å². The van der Waals surface area contributed by atoms with E-state index in [0.717, 1.165) is 0 Å². The Morgan fingerprint density at radius 3 is 2.47 bits per heavy atom. The van der Waals surface area contributed by atoms with Gasteiger partial charge in [0.15, 0.2) is 5.12 Å². The molecule has 1 aliphatic heterocycles. The highest BCUT2D eigenvalue weighted by Gasteiger charge is 2.43. The number of aliphatic carboxylic acids is 1. The third-order valence-corrected chi connectivity index (χ3v) is 4.17. The van der Waals surface area contributed by atoms with E-state index in [1.807, 2.05) is 20.8 Å². The fraction of sp³-hybridized carbons (Fsp3) is 0.769. The summed E-state index contributed by atoms with van der Waals surface area (Å²) in [6, 6.07) is -0.813. The van der Waals surface area contributed by atoms with Crippen molar-refractivity contribution in [3.8, 4) is 0 Å². The van der Waals surface area contributed by atoms with Gasteiger partial charge in [-0.3, -0.25) is 9.59 Å². The number of nitrogens with zero attached hydrogens (tertiary/aromatic N) is 1. The van der Waals surface area contributed by atoms with E-state index in [1.54, 1.807) is 0 Å². The van der Waals surface area contributed by atoms with Crippen LogP contribution in [-0.4, -0.2) is 45.3 Å². The molecule has 1 heterocycles. The van der Waals surface area contributed by atoms with Crippen LogP contribution in [0.2, 0.25) is 0 Å². The van der Waals surface area contributed by atoms with Crippen molar-refractivity contribution in [2.75, 3.05) is 12.3 Å². The van der Waals surface area contributed by atoms with Crippen LogP contribution in [0.15, 0.2) is 0 Å². The molecule has 1 aliphatic rings. The smallest absolute Gasteiger partial charge is 0.326 e. The molecular formula is C13H21NO4S. The SMILES string of the molecule is CC(=O)SCC1CC(=O)N([C@H](C(=O)O)C(C)(C)C)C1. The summed E-state index contributed by atoms with van der Waals surface area (Å²) in [6.07, 6.45) is 0.333. The van der Waals surface area contributed by atoms with Crippen molar-refractivity contribution in [2.24, 2.45) is 11.3 Å². The Hall–Kier alpha value is -1.04. The topological polar surface area (TPSA) is 74.7 Å². The number of carbonyl (C=O) groups is 3. The number of carbonyl (C=O) groups excluding carboxylic acids is 2. The van der Waals surface area contributed by atoms with Crippen molar-refractivity contribution >= 4 is 28.8 Å². The van der Waals surface area contributed by atoms with Gasteiger partial charge in [0, 0.05) is 25.6 Å². The van der Waals surface area contributed by atoms with E-state index in [-0.39, 0.29) is 16.9 Å². The zero-order valence-electron chi connectivity index (χ0n) is 11.8. The van der Waals surface area contributed by atoms with E-state index in [2.05, 4.69) is 0 Å². The first kappa shape index (κ1) is 16.0. The second-order valence-electron chi connectivity index (χ2n) is 6.03. The minimum atomic E-state index is -0.972. The summed E-state index contributed by atoms with van der Waals surface area (Å²) >= 11 is 1.19. The van der Waals surface area contributed by atoms with Crippen LogP contribution in [0.25, 0.3) is 0 Å². The Morgan fingerprint density at radius 1 is 1.47 bits per heavy atom. The van der Waals surface area contributed by atoms with E-state index in [1.165, 1.54) is 23.6 Å². The first-order chi connectivity index (χ1) is 8.62. The molecule has 2 atom stereocenters. The molecular weight excluding hydrogens is 266 g/mol. The highest BCUT2D eigenvalue weighted by Crippen LogP contribution is 2.31. The summed E-state index contributed by atoms with van der Waals surface area (Å²) in [5.74, 6) is -0.462. The molecule has 0 saturated carbocycles. The lowest BCUT2D eigenvalue weighted by Gasteiger charge is -2.34. The predicted molar refractivity (Wildman–Crippen MR) is 73.8 cm³/mol. The van der Waals surface area contributed by atoms with Crippen molar-refractivity contribution in [1.29, 1.82) is 0 Å². The summed E-state index contributed by atoms with van der Waals surface area (Å²) < 4.78 is 0. The number of likely N-dealkylation sites (tertiary alicyclic amines) is 1. The lowest BCUT2D eigenvalue weighted by Crippen LogP contribution is -2.50. The van der Waals surface area contributed by atoms with Gasteiger partial charge in [0.05, 0.1) is 0 Å². The highest BCUT2D eigenvalue weighted by atomic mass is 32.2. The largest absolute Gasteiger partial charge is 0.480 e. The molecule has 0 aliphatic carbocycles. The van der Waals surface area contributed by atoms with Crippen molar-refractivity contribution in [3.63, 3.8) is 0 Å². The molecule has 1 N–H and O–H groups in total. The van der Waals surface area contributed by atoms with Gasteiger partial charge in [0.25, 0.3) is 0 Å². The van der Waals surface area contributed by atoms with Crippen LogP contribution in [0.4, 0.5) is 0 Å². The zero-order chi connectivity index (χ0) is 14.8. The molecule has 0 aromatic heterocycles. The van der Waals surface area contributed by atoms with Crippen LogP contribution >= 0.6 is 11.8 Å². The quantitative estimate of drug-likeness (QED) is 0.850. The van der Waals surface area contributed by atoms with Crippen LogP contribution in [0.5, 0.6) is 0 Å². The van der Waals surface area contributed by atoms with Crippen LogP contribution < -0.4 is 0 Å². The Labute approximate surface area is 117 Å². The van der Waals surface area contributed by atoms with Crippen molar-refractivity contribution in [3.05, 3.63) is 0 Å². The van der Waals surface area contributed by atoms with Crippen LogP contribution in [-0.2, 0) is 14.4 Å². The third-order valence-electron chi connectivity index (χ3n) is 3.13. The molecule has 19 heavy (non-hydrogen) atoms.